The second-order valence-electron chi connectivity index (χ2n) is 7.15. The molecule has 0 aliphatic heterocycles. The number of hydrogen-bond acceptors (Lipinski definition) is 3. The topological polar surface area (TPSA) is 76.3 Å². The predicted octanol–water partition coefficient (Wildman–Crippen LogP) is 4.23. The maximum atomic E-state index is 14.5. The zero-order chi connectivity index (χ0) is 21.3. The Labute approximate surface area is 178 Å². The van der Waals surface area contributed by atoms with Gasteiger partial charge >= 0.3 is 0 Å². The maximum Gasteiger partial charge on any atom is 0.255 e. The van der Waals surface area contributed by atoms with Crippen LogP contribution in [0.15, 0.2) is 66.9 Å². The first-order valence-corrected chi connectivity index (χ1v) is 9.91. The Hall–Kier alpha value is -3.25. The first kappa shape index (κ1) is 20.0. The highest BCUT2D eigenvalue weighted by Gasteiger charge is 2.40. The number of primary amides is 1. The summed E-state index contributed by atoms with van der Waals surface area (Å²) < 4.78 is 14.5. The van der Waals surface area contributed by atoms with Gasteiger partial charge in [-0.25, -0.2) is 4.39 Å². The largest absolute Gasteiger partial charge is 0.368 e. The van der Waals surface area contributed by atoms with Gasteiger partial charge in [0.1, 0.15) is 5.82 Å². The normalized spacial score (nSPS) is 16.0. The van der Waals surface area contributed by atoms with E-state index in [9.17, 15) is 14.0 Å². The number of halogens is 2. The third-order valence-corrected chi connectivity index (χ3v) is 5.55. The summed E-state index contributed by atoms with van der Waals surface area (Å²) in [6.45, 7) is 0. The highest BCUT2D eigenvalue weighted by atomic mass is 35.5. The Morgan fingerprint density at radius 2 is 1.87 bits per heavy atom. The van der Waals surface area contributed by atoms with Gasteiger partial charge in [-0.1, -0.05) is 35.9 Å². The van der Waals surface area contributed by atoms with Crippen LogP contribution in [0.4, 0.5) is 4.39 Å². The molecule has 2 amide bonds. The van der Waals surface area contributed by atoms with Crippen molar-refractivity contribution in [2.24, 2.45) is 5.73 Å². The summed E-state index contributed by atoms with van der Waals surface area (Å²) in [6, 6.07) is 14.9. The van der Waals surface area contributed by atoms with Gasteiger partial charge in [0, 0.05) is 16.8 Å². The minimum absolute atomic E-state index is 0.235. The number of aromatic nitrogens is 1. The zero-order valence-corrected chi connectivity index (χ0v) is 16.7. The van der Waals surface area contributed by atoms with E-state index in [4.69, 9.17) is 17.3 Å². The van der Waals surface area contributed by atoms with E-state index in [2.05, 4.69) is 4.98 Å². The van der Waals surface area contributed by atoms with E-state index in [0.717, 1.165) is 0 Å². The number of nitrogens with zero attached hydrogens (tertiary/aromatic N) is 2. The molecule has 0 spiro atoms. The molecule has 4 rings (SSSR count). The second kappa shape index (κ2) is 8.24. The van der Waals surface area contributed by atoms with Gasteiger partial charge in [0.15, 0.2) is 6.04 Å². The number of benzene rings is 2. The van der Waals surface area contributed by atoms with E-state index in [1.165, 1.54) is 17.2 Å². The molecule has 2 atom stereocenters. The van der Waals surface area contributed by atoms with Crippen molar-refractivity contribution in [2.75, 3.05) is 0 Å². The van der Waals surface area contributed by atoms with E-state index in [0.29, 0.717) is 35.2 Å². The molecule has 1 aliphatic carbocycles. The van der Waals surface area contributed by atoms with Crippen molar-refractivity contribution in [3.8, 4) is 0 Å². The minimum atomic E-state index is -1.11. The van der Waals surface area contributed by atoms with Crippen LogP contribution in [0, 0.1) is 5.82 Å². The molecule has 1 aliphatic rings. The van der Waals surface area contributed by atoms with Crippen LogP contribution in [0.3, 0.4) is 0 Å². The van der Waals surface area contributed by atoms with E-state index in [1.54, 1.807) is 54.6 Å². The lowest BCUT2D eigenvalue weighted by molar-refractivity contribution is -0.123. The molecule has 5 nitrogen and oxygen atoms in total. The number of fused-ring (bicyclic) bond motifs is 1. The molecule has 0 fully saturated rings. The number of nitrogens with two attached hydrogens (primary N) is 1. The number of carbonyl (C=O) groups excluding carboxylic acids is 2. The van der Waals surface area contributed by atoms with Gasteiger partial charge < -0.3 is 10.6 Å². The van der Waals surface area contributed by atoms with Crippen molar-refractivity contribution in [3.05, 3.63) is 100 Å². The lowest BCUT2D eigenvalue weighted by atomic mass is 10.0. The van der Waals surface area contributed by atoms with Crippen LogP contribution in [0.25, 0.3) is 0 Å². The van der Waals surface area contributed by atoms with Crippen LogP contribution >= 0.6 is 11.6 Å². The van der Waals surface area contributed by atoms with Crippen LogP contribution < -0.4 is 5.73 Å². The van der Waals surface area contributed by atoms with Crippen LogP contribution in [-0.2, 0) is 11.2 Å². The highest BCUT2D eigenvalue weighted by molar-refractivity contribution is 6.30. The smallest absolute Gasteiger partial charge is 0.255 e. The average molecular weight is 424 g/mol. The molecule has 0 saturated carbocycles. The summed E-state index contributed by atoms with van der Waals surface area (Å²) in [4.78, 5) is 31.8. The Morgan fingerprint density at radius 3 is 2.53 bits per heavy atom. The van der Waals surface area contributed by atoms with Crippen LogP contribution in [0.1, 0.15) is 45.7 Å². The van der Waals surface area contributed by atoms with Gasteiger partial charge in [-0.3, -0.25) is 14.6 Å². The molecular formula is C23H19ClFN3O2. The standard InChI is InChI=1S/C23H19ClFN3O2/c24-15-12-17-16(18(25)13-15)9-10-20(17)28(23(30)14-6-2-1-3-7-14)21(22(26)29)19-8-4-5-11-27-19/h1-8,11-13,20-21H,9-10H2,(H2,26,29)/t20-,21-/m1/s1. The summed E-state index contributed by atoms with van der Waals surface area (Å²) in [7, 11) is 0. The molecule has 0 saturated heterocycles. The van der Waals surface area contributed by atoms with Crippen molar-refractivity contribution < 1.29 is 14.0 Å². The Morgan fingerprint density at radius 1 is 1.13 bits per heavy atom. The van der Waals surface area contributed by atoms with Crippen molar-refractivity contribution in [1.82, 2.24) is 9.88 Å². The number of hydrogen-bond donors (Lipinski definition) is 1. The van der Waals surface area contributed by atoms with Gasteiger partial charge in [-0.15, -0.1) is 0 Å². The van der Waals surface area contributed by atoms with Gasteiger partial charge in [-0.05, 0) is 60.4 Å². The highest BCUT2D eigenvalue weighted by Crippen LogP contribution is 2.42. The second-order valence-corrected chi connectivity index (χ2v) is 7.58. The van der Waals surface area contributed by atoms with Crippen LogP contribution in [0.2, 0.25) is 5.02 Å². The van der Waals surface area contributed by atoms with Gasteiger partial charge in [0.2, 0.25) is 5.91 Å². The number of amides is 2. The molecular weight excluding hydrogens is 405 g/mol. The van der Waals surface area contributed by atoms with E-state index in [1.807, 2.05) is 0 Å². The van der Waals surface area contributed by atoms with Crippen LogP contribution in [0.5, 0.6) is 0 Å². The average Bonchev–Trinajstić information content (AvgIpc) is 3.16. The fourth-order valence-corrected chi connectivity index (χ4v) is 4.25. The van der Waals surface area contributed by atoms with Gasteiger partial charge in [0.25, 0.3) is 5.91 Å². The number of pyridine rings is 1. The number of carbonyl (C=O) groups is 2. The SMILES string of the molecule is NC(=O)[C@@H](c1ccccn1)N(C(=O)c1ccccc1)[C@@H]1CCc2c(F)cc(Cl)cc21. The summed E-state index contributed by atoms with van der Waals surface area (Å²) in [5.74, 6) is -1.52. The van der Waals surface area contributed by atoms with Crippen molar-refractivity contribution in [3.63, 3.8) is 0 Å². The molecule has 0 bridgehead atoms. The van der Waals surface area contributed by atoms with Crippen molar-refractivity contribution in [1.29, 1.82) is 0 Å². The van der Waals surface area contributed by atoms with Crippen LogP contribution in [-0.4, -0.2) is 21.7 Å². The molecule has 30 heavy (non-hydrogen) atoms. The quantitative estimate of drug-likeness (QED) is 0.667. The van der Waals surface area contributed by atoms with E-state index < -0.39 is 23.8 Å². The third-order valence-electron chi connectivity index (χ3n) is 5.33. The monoisotopic (exact) mass is 423 g/mol. The predicted molar refractivity (Wildman–Crippen MR) is 111 cm³/mol. The van der Waals surface area contributed by atoms with Gasteiger partial charge in [0.05, 0.1) is 11.7 Å². The molecule has 3 aromatic rings. The molecule has 2 N–H and O–H groups in total. The van der Waals surface area contributed by atoms with Gasteiger partial charge in [-0.2, -0.15) is 0 Å². The lowest BCUT2D eigenvalue weighted by Crippen LogP contribution is -2.43. The Bertz CT molecular complexity index is 1090. The molecule has 0 radical (unpaired) electrons. The molecule has 0 unspecified atom stereocenters. The van der Waals surface area contributed by atoms with E-state index in [-0.39, 0.29) is 10.9 Å². The fraction of sp³-hybridized carbons (Fsp3) is 0.174. The molecule has 152 valence electrons. The zero-order valence-electron chi connectivity index (χ0n) is 16.0. The fourth-order valence-electron chi connectivity index (χ4n) is 4.04. The first-order chi connectivity index (χ1) is 14.5. The summed E-state index contributed by atoms with van der Waals surface area (Å²) in [6.07, 6.45) is 2.41. The first-order valence-electron chi connectivity index (χ1n) is 9.53. The third kappa shape index (κ3) is 3.66. The molecule has 7 heteroatoms. The molecule has 1 aromatic heterocycles. The summed E-state index contributed by atoms with van der Waals surface area (Å²) in [5, 5.41) is 0.235. The Balaban J connectivity index is 1.88. The van der Waals surface area contributed by atoms with Crippen molar-refractivity contribution in [2.45, 2.75) is 24.9 Å². The summed E-state index contributed by atoms with van der Waals surface area (Å²) >= 11 is 6.11. The maximum absolute atomic E-state index is 14.5. The molecule has 1 heterocycles. The van der Waals surface area contributed by atoms with Crippen molar-refractivity contribution >= 4 is 23.4 Å². The Kier molecular flexibility index (Phi) is 5.50. The van der Waals surface area contributed by atoms with E-state index >= 15 is 0 Å². The summed E-state index contributed by atoms with van der Waals surface area (Å²) in [5.41, 5.74) is 7.60. The molecule has 2 aromatic carbocycles. The lowest BCUT2D eigenvalue weighted by Gasteiger charge is -2.35. The minimum Gasteiger partial charge on any atom is -0.368 e. The number of rotatable bonds is 5.